The Morgan fingerprint density at radius 3 is 2.61 bits per heavy atom. The number of methoxy groups -OCH3 is 1. The number of aliphatic hydroxyl groups is 1. The van der Waals surface area contributed by atoms with Crippen molar-refractivity contribution in [2.45, 2.75) is 32.0 Å². The van der Waals surface area contributed by atoms with Crippen LogP contribution in [0.15, 0.2) is 18.2 Å². The van der Waals surface area contributed by atoms with Gasteiger partial charge < -0.3 is 14.7 Å². The number of benzene rings is 1. The molecule has 0 bridgehead atoms. The molecule has 2 rings (SSSR count). The van der Waals surface area contributed by atoms with Gasteiger partial charge in [0.2, 0.25) is 0 Å². The van der Waals surface area contributed by atoms with Crippen LogP contribution in [-0.4, -0.2) is 31.4 Å². The molecule has 1 N–H and O–H groups in total. The SMILES string of the molecule is COC1CCN(c2ccc(F)cc2C(C)O)CC1. The van der Waals surface area contributed by atoms with E-state index in [0.717, 1.165) is 31.6 Å². The predicted octanol–water partition coefficient (Wildman–Crippen LogP) is 2.49. The lowest BCUT2D eigenvalue weighted by molar-refractivity contribution is 0.0818. The number of hydrogen-bond acceptors (Lipinski definition) is 3. The summed E-state index contributed by atoms with van der Waals surface area (Å²) in [6, 6.07) is 4.62. The largest absolute Gasteiger partial charge is 0.389 e. The zero-order valence-corrected chi connectivity index (χ0v) is 10.9. The molecule has 3 nitrogen and oxygen atoms in total. The summed E-state index contributed by atoms with van der Waals surface area (Å²) in [5.74, 6) is -0.304. The quantitative estimate of drug-likeness (QED) is 0.898. The van der Waals surface area contributed by atoms with Crippen LogP contribution in [0.1, 0.15) is 31.4 Å². The number of hydrogen-bond donors (Lipinski definition) is 1. The van der Waals surface area contributed by atoms with E-state index in [0.29, 0.717) is 11.7 Å². The lowest BCUT2D eigenvalue weighted by Crippen LogP contribution is -2.37. The number of nitrogens with zero attached hydrogens (tertiary/aromatic N) is 1. The molecule has 4 heteroatoms. The van der Waals surface area contributed by atoms with E-state index in [1.54, 1.807) is 20.1 Å². The molecule has 100 valence electrons. The van der Waals surface area contributed by atoms with Gasteiger partial charge in [-0.2, -0.15) is 0 Å². The summed E-state index contributed by atoms with van der Waals surface area (Å²) in [4.78, 5) is 2.19. The highest BCUT2D eigenvalue weighted by Crippen LogP contribution is 2.29. The lowest BCUT2D eigenvalue weighted by Gasteiger charge is -2.34. The van der Waals surface area contributed by atoms with Crippen molar-refractivity contribution < 1.29 is 14.2 Å². The highest BCUT2D eigenvalue weighted by molar-refractivity contribution is 5.55. The second kappa shape index (κ2) is 5.67. The Kier molecular flexibility index (Phi) is 4.19. The zero-order chi connectivity index (χ0) is 13.1. The Balaban J connectivity index is 2.18. The molecule has 1 aliphatic heterocycles. The van der Waals surface area contributed by atoms with E-state index in [4.69, 9.17) is 4.74 Å². The molecular formula is C14H20FNO2. The molecule has 0 amide bonds. The van der Waals surface area contributed by atoms with Gasteiger partial charge in [0.25, 0.3) is 0 Å². The van der Waals surface area contributed by atoms with Gasteiger partial charge in [0.1, 0.15) is 5.82 Å². The summed E-state index contributed by atoms with van der Waals surface area (Å²) in [6.07, 6.45) is 1.59. The summed E-state index contributed by atoms with van der Waals surface area (Å²) < 4.78 is 18.6. The maximum Gasteiger partial charge on any atom is 0.123 e. The minimum Gasteiger partial charge on any atom is -0.389 e. The first kappa shape index (κ1) is 13.3. The van der Waals surface area contributed by atoms with E-state index in [2.05, 4.69) is 4.90 Å². The van der Waals surface area contributed by atoms with E-state index >= 15 is 0 Å². The molecule has 1 aromatic carbocycles. The van der Waals surface area contributed by atoms with Gasteiger partial charge in [-0.15, -0.1) is 0 Å². The summed E-state index contributed by atoms with van der Waals surface area (Å²) in [5, 5.41) is 9.74. The molecule has 1 aliphatic rings. The molecule has 0 saturated carbocycles. The third-order valence-electron chi connectivity index (χ3n) is 3.56. The molecule has 1 heterocycles. The van der Waals surface area contributed by atoms with Crippen LogP contribution in [0, 0.1) is 5.82 Å². The van der Waals surface area contributed by atoms with Crippen molar-refractivity contribution >= 4 is 5.69 Å². The van der Waals surface area contributed by atoms with E-state index in [1.807, 2.05) is 0 Å². The van der Waals surface area contributed by atoms with E-state index in [1.165, 1.54) is 12.1 Å². The zero-order valence-electron chi connectivity index (χ0n) is 10.9. The van der Waals surface area contributed by atoms with Crippen molar-refractivity contribution in [2.75, 3.05) is 25.1 Å². The highest BCUT2D eigenvalue weighted by Gasteiger charge is 2.22. The maximum atomic E-state index is 13.2. The second-order valence-corrected chi connectivity index (χ2v) is 4.80. The van der Waals surface area contributed by atoms with Crippen LogP contribution in [-0.2, 0) is 4.74 Å². The fourth-order valence-electron chi connectivity index (χ4n) is 2.48. The first-order valence-corrected chi connectivity index (χ1v) is 6.37. The second-order valence-electron chi connectivity index (χ2n) is 4.80. The molecule has 1 saturated heterocycles. The molecule has 1 atom stereocenters. The number of aliphatic hydroxyl groups excluding tert-OH is 1. The Labute approximate surface area is 107 Å². The lowest BCUT2D eigenvalue weighted by atomic mass is 10.0. The van der Waals surface area contributed by atoms with Gasteiger partial charge in [0.05, 0.1) is 12.2 Å². The Bertz CT molecular complexity index is 401. The number of piperidine rings is 1. The van der Waals surface area contributed by atoms with Gasteiger partial charge in [0.15, 0.2) is 0 Å². The molecule has 0 aliphatic carbocycles. The fourth-order valence-corrected chi connectivity index (χ4v) is 2.48. The van der Waals surface area contributed by atoms with Crippen molar-refractivity contribution in [3.8, 4) is 0 Å². The van der Waals surface area contributed by atoms with E-state index in [-0.39, 0.29) is 5.82 Å². The summed E-state index contributed by atoms with van der Waals surface area (Å²) in [5.41, 5.74) is 1.59. The van der Waals surface area contributed by atoms with Crippen LogP contribution in [0.5, 0.6) is 0 Å². The normalized spacial score (nSPS) is 19.0. The van der Waals surface area contributed by atoms with Gasteiger partial charge in [-0.05, 0) is 38.0 Å². The third kappa shape index (κ3) is 2.82. The van der Waals surface area contributed by atoms with Gasteiger partial charge in [-0.25, -0.2) is 4.39 Å². The molecule has 1 fully saturated rings. The molecule has 0 radical (unpaired) electrons. The van der Waals surface area contributed by atoms with Gasteiger partial charge in [-0.3, -0.25) is 0 Å². The number of halogens is 1. The van der Waals surface area contributed by atoms with Crippen LogP contribution in [0.2, 0.25) is 0 Å². The topological polar surface area (TPSA) is 32.7 Å². The molecular weight excluding hydrogens is 233 g/mol. The number of ether oxygens (including phenoxy) is 1. The number of anilines is 1. The maximum absolute atomic E-state index is 13.2. The molecule has 1 unspecified atom stereocenters. The van der Waals surface area contributed by atoms with Crippen LogP contribution in [0.3, 0.4) is 0 Å². The van der Waals surface area contributed by atoms with Crippen molar-refractivity contribution in [1.29, 1.82) is 0 Å². The summed E-state index contributed by atoms with van der Waals surface area (Å²) in [7, 11) is 1.74. The average molecular weight is 253 g/mol. The van der Waals surface area contributed by atoms with Crippen molar-refractivity contribution in [3.63, 3.8) is 0 Å². The van der Waals surface area contributed by atoms with E-state index < -0.39 is 6.10 Å². The van der Waals surface area contributed by atoms with Crippen LogP contribution >= 0.6 is 0 Å². The van der Waals surface area contributed by atoms with Gasteiger partial charge >= 0.3 is 0 Å². The molecule has 0 aromatic heterocycles. The van der Waals surface area contributed by atoms with Gasteiger partial charge in [0, 0.05) is 31.5 Å². The van der Waals surface area contributed by atoms with Gasteiger partial charge in [-0.1, -0.05) is 0 Å². The Morgan fingerprint density at radius 2 is 2.06 bits per heavy atom. The Morgan fingerprint density at radius 1 is 1.39 bits per heavy atom. The smallest absolute Gasteiger partial charge is 0.123 e. The molecule has 18 heavy (non-hydrogen) atoms. The fraction of sp³-hybridized carbons (Fsp3) is 0.571. The average Bonchev–Trinajstić information content (AvgIpc) is 2.39. The predicted molar refractivity (Wildman–Crippen MR) is 69.3 cm³/mol. The summed E-state index contributed by atoms with van der Waals surface area (Å²) in [6.45, 7) is 3.42. The Hall–Kier alpha value is -1.13. The minimum absolute atomic E-state index is 0.304. The van der Waals surface area contributed by atoms with Crippen LogP contribution < -0.4 is 4.90 Å². The van der Waals surface area contributed by atoms with Crippen LogP contribution in [0.25, 0.3) is 0 Å². The first-order chi connectivity index (χ1) is 8.61. The van der Waals surface area contributed by atoms with E-state index in [9.17, 15) is 9.50 Å². The van der Waals surface area contributed by atoms with Crippen molar-refractivity contribution in [2.24, 2.45) is 0 Å². The van der Waals surface area contributed by atoms with Crippen molar-refractivity contribution in [1.82, 2.24) is 0 Å². The first-order valence-electron chi connectivity index (χ1n) is 6.37. The molecule has 1 aromatic rings. The highest BCUT2D eigenvalue weighted by atomic mass is 19.1. The standard InChI is InChI=1S/C14H20FNO2/c1-10(17)13-9-11(15)3-4-14(13)16-7-5-12(18-2)6-8-16/h3-4,9-10,12,17H,5-8H2,1-2H3. The summed E-state index contributed by atoms with van der Waals surface area (Å²) >= 11 is 0. The minimum atomic E-state index is -0.657. The monoisotopic (exact) mass is 253 g/mol. The molecule has 0 spiro atoms. The van der Waals surface area contributed by atoms with Crippen molar-refractivity contribution in [3.05, 3.63) is 29.6 Å². The third-order valence-corrected chi connectivity index (χ3v) is 3.56. The van der Waals surface area contributed by atoms with Crippen LogP contribution in [0.4, 0.5) is 10.1 Å². The number of rotatable bonds is 3.